The highest BCUT2D eigenvalue weighted by atomic mass is 16.4. The first-order valence-electron chi connectivity index (χ1n) is 4.46. The average Bonchev–Trinajstić information content (AvgIpc) is 2.24. The topological polar surface area (TPSA) is 80.3 Å². The van der Waals surface area contributed by atoms with Gasteiger partial charge in [-0.05, 0) is 29.3 Å². The summed E-state index contributed by atoms with van der Waals surface area (Å²) in [6, 6.07) is 6.70. The molecular formula is C12H8O4-2. The first-order chi connectivity index (χ1) is 7.58. The average molecular weight is 216 g/mol. The number of rotatable bonds is 4. The van der Waals surface area contributed by atoms with E-state index in [9.17, 15) is 19.8 Å². The summed E-state index contributed by atoms with van der Waals surface area (Å²) in [6.07, 6.45) is 4.54. The molecule has 1 aromatic rings. The predicted octanol–water partition coefficient (Wildman–Crippen LogP) is -0.787. The third-order valence-corrected chi connectivity index (χ3v) is 1.73. The Balaban J connectivity index is 2.87. The predicted molar refractivity (Wildman–Crippen MR) is 54.5 cm³/mol. The van der Waals surface area contributed by atoms with E-state index in [2.05, 4.69) is 0 Å². The van der Waals surface area contributed by atoms with Gasteiger partial charge in [0.15, 0.2) is 0 Å². The van der Waals surface area contributed by atoms with Crippen molar-refractivity contribution >= 4 is 24.1 Å². The molecule has 0 unspecified atom stereocenters. The molecule has 82 valence electrons. The maximum Gasteiger partial charge on any atom is 0.0643 e. The van der Waals surface area contributed by atoms with E-state index in [0.29, 0.717) is 11.1 Å². The second-order valence-electron chi connectivity index (χ2n) is 2.97. The Morgan fingerprint density at radius 3 is 1.75 bits per heavy atom. The summed E-state index contributed by atoms with van der Waals surface area (Å²) in [6.45, 7) is 0. The lowest BCUT2D eigenvalue weighted by Crippen LogP contribution is -2.18. The molecule has 1 aromatic carbocycles. The Kier molecular flexibility index (Phi) is 4.03. The lowest BCUT2D eigenvalue weighted by molar-refractivity contribution is -0.298. The number of carbonyl (C=O) groups is 2. The van der Waals surface area contributed by atoms with Crippen molar-refractivity contribution < 1.29 is 19.8 Å². The van der Waals surface area contributed by atoms with Gasteiger partial charge in [0.1, 0.15) is 0 Å². The molecule has 0 spiro atoms. The van der Waals surface area contributed by atoms with E-state index in [0.717, 1.165) is 12.2 Å². The highest BCUT2D eigenvalue weighted by molar-refractivity contribution is 5.85. The lowest BCUT2D eigenvalue weighted by Gasteiger charge is -1.98. The van der Waals surface area contributed by atoms with Crippen LogP contribution in [0, 0.1) is 0 Å². The number of carbonyl (C=O) groups excluding carboxylic acids is 2. The van der Waals surface area contributed by atoms with Gasteiger partial charge in [0.05, 0.1) is 11.9 Å². The Hall–Kier alpha value is -2.36. The summed E-state index contributed by atoms with van der Waals surface area (Å²) in [4.78, 5) is 20.3. The van der Waals surface area contributed by atoms with Gasteiger partial charge in [0.2, 0.25) is 0 Å². The number of carboxylic acid groups (broad SMARTS) is 2. The van der Waals surface area contributed by atoms with Crippen LogP contribution in [0.15, 0.2) is 36.4 Å². The summed E-state index contributed by atoms with van der Waals surface area (Å²) in [5.41, 5.74) is 1.29. The molecule has 0 amide bonds. The highest BCUT2D eigenvalue weighted by Gasteiger charge is 1.89. The van der Waals surface area contributed by atoms with Crippen LogP contribution < -0.4 is 10.2 Å². The first kappa shape index (κ1) is 11.7. The smallest absolute Gasteiger partial charge is 0.0643 e. The maximum atomic E-state index is 10.2. The molecule has 0 fully saturated rings. The molecule has 1 rings (SSSR count). The summed E-state index contributed by atoms with van der Waals surface area (Å²) in [5.74, 6) is -2.56. The zero-order valence-electron chi connectivity index (χ0n) is 8.25. The quantitative estimate of drug-likeness (QED) is 0.618. The normalized spacial score (nSPS) is 11.0. The van der Waals surface area contributed by atoms with Crippen LogP contribution in [0.3, 0.4) is 0 Å². The van der Waals surface area contributed by atoms with Crippen molar-refractivity contribution in [2.45, 2.75) is 0 Å². The second-order valence-corrected chi connectivity index (χ2v) is 2.97. The number of benzene rings is 1. The van der Waals surface area contributed by atoms with Gasteiger partial charge < -0.3 is 19.8 Å². The van der Waals surface area contributed by atoms with Crippen LogP contribution in [0.1, 0.15) is 11.1 Å². The van der Waals surface area contributed by atoms with E-state index in [1.807, 2.05) is 0 Å². The highest BCUT2D eigenvalue weighted by Crippen LogP contribution is 2.08. The van der Waals surface area contributed by atoms with Crippen molar-refractivity contribution in [2.75, 3.05) is 0 Å². The second kappa shape index (κ2) is 5.50. The van der Waals surface area contributed by atoms with Crippen LogP contribution in [-0.4, -0.2) is 11.9 Å². The Morgan fingerprint density at radius 1 is 0.938 bits per heavy atom. The van der Waals surface area contributed by atoms with E-state index in [-0.39, 0.29) is 0 Å². The first-order valence-corrected chi connectivity index (χ1v) is 4.46. The summed E-state index contributed by atoms with van der Waals surface area (Å²) < 4.78 is 0. The van der Waals surface area contributed by atoms with Gasteiger partial charge in [-0.25, -0.2) is 0 Å². The summed E-state index contributed by atoms with van der Waals surface area (Å²) in [5, 5.41) is 20.3. The van der Waals surface area contributed by atoms with Crippen LogP contribution in [0.2, 0.25) is 0 Å². The lowest BCUT2D eigenvalue weighted by atomic mass is 10.1. The fourth-order valence-electron chi connectivity index (χ4n) is 1.09. The molecule has 0 N–H and O–H groups in total. The van der Waals surface area contributed by atoms with Gasteiger partial charge in [0, 0.05) is 0 Å². The molecule has 0 radical (unpaired) electrons. The van der Waals surface area contributed by atoms with Crippen molar-refractivity contribution in [1.82, 2.24) is 0 Å². The molecular weight excluding hydrogens is 208 g/mol. The van der Waals surface area contributed by atoms with Crippen LogP contribution in [0.5, 0.6) is 0 Å². The van der Waals surface area contributed by atoms with Crippen LogP contribution in [0.4, 0.5) is 0 Å². The molecule has 0 saturated carbocycles. The Bertz CT molecular complexity index is 419. The number of aliphatic carboxylic acids is 2. The maximum absolute atomic E-state index is 10.2. The monoisotopic (exact) mass is 216 g/mol. The van der Waals surface area contributed by atoms with Crippen molar-refractivity contribution in [1.29, 1.82) is 0 Å². The minimum atomic E-state index is -1.28. The largest absolute Gasteiger partial charge is 0.545 e. The van der Waals surface area contributed by atoms with Gasteiger partial charge in [-0.1, -0.05) is 30.4 Å². The van der Waals surface area contributed by atoms with Crippen molar-refractivity contribution in [2.24, 2.45) is 0 Å². The molecule has 0 bridgehead atoms. The molecule has 4 nitrogen and oxygen atoms in total. The fourth-order valence-corrected chi connectivity index (χ4v) is 1.09. The molecule has 0 heterocycles. The summed E-state index contributed by atoms with van der Waals surface area (Å²) >= 11 is 0. The van der Waals surface area contributed by atoms with Crippen LogP contribution >= 0.6 is 0 Å². The minimum Gasteiger partial charge on any atom is -0.545 e. The van der Waals surface area contributed by atoms with Crippen molar-refractivity contribution in [3.8, 4) is 0 Å². The molecule has 16 heavy (non-hydrogen) atoms. The van der Waals surface area contributed by atoms with Gasteiger partial charge in [-0.2, -0.15) is 0 Å². The van der Waals surface area contributed by atoms with Crippen molar-refractivity contribution in [3.05, 3.63) is 47.5 Å². The SMILES string of the molecule is O=C([O-])/C=C\c1cccc(/C=C\C(=O)[O-])c1. The summed E-state index contributed by atoms with van der Waals surface area (Å²) in [7, 11) is 0. The van der Waals surface area contributed by atoms with Gasteiger partial charge in [-0.3, -0.25) is 0 Å². The zero-order chi connectivity index (χ0) is 12.0. The Labute approximate surface area is 92.2 Å². The molecule has 0 aliphatic heterocycles. The van der Waals surface area contributed by atoms with Crippen molar-refractivity contribution in [3.63, 3.8) is 0 Å². The number of carboxylic acids is 2. The van der Waals surface area contributed by atoms with E-state index in [4.69, 9.17) is 0 Å². The molecule has 0 aliphatic carbocycles. The Morgan fingerprint density at radius 2 is 1.38 bits per heavy atom. The number of hydrogen-bond donors (Lipinski definition) is 0. The van der Waals surface area contributed by atoms with E-state index < -0.39 is 11.9 Å². The van der Waals surface area contributed by atoms with Crippen LogP contribution in [-0.2, 0) is 9.59 Å². The minimum absolute atomic E-state index is 0.643. The van der Waals surface area contributed by atoms with Crippen LogP contribution in [0.25, 0.3) is 12.2 Å². The molecule has 0 saturated heterocycles. The van der Waals surface area contributed by atoms with E-state index >= 15 is 0 Å². The standard InChI is InChI=1S/C12H10O4/c13-11(14)6-4-9-2-1-3-10(8-9)5-7-12(15)16/h1-8H,(H,13,14)(H,15,16)/p-2/b6-4-,7-5-. The number of hydrogen-bond acceptors (Lipinski definition) is 4. The van der Waals surface area contributed by atoms with E-state index in [1.54, 1.807) is 24.3 Å². The van der Waals surface area contributed by atoms with Gasteiger partial charge >= 0.3 is 0 Å². The third kappa shape index (κ3) is 4.23. The van der Waals surface area contributed by atoms with Gasteiger partial charge in [-0.15, -0.1) is 0 Å². The fraction of sp³-hybridized carbons (Fsp3) is 0. The molecule has 0 aromatic heterocycles. The molecule has 0 aliphatic rings. The third-order valence-electron chi connectivity index (χ3n) is 1.73. The molecule has 4 heteroatoms. The van der Waals surface area contributed by atoms with Gasteiger partial charge in [0.25, 0.3) is 0 Å². The molecule has 0 atom stereocenters. The zero-order valence-corrected chi connectivity index (χ0v) is 8.25. The van der Waals surface area contributed by atoms with E-state index in [1.165, 1.54) is 12.2 Å².